The van der Waals surface area contributed by atoms with Gasteiger partial charge in [-0.2, -0.15) is 0 Å². The molecule has 0 aliphatic heterocycles. The zero-order valence-corrected chi connectivity index (χ0v) is 15.1. The Morgan fingerprint density at radius 3 is 1.92 bits per heavy atom. The van der Waals surface area contributed by atoms with Gasteiger partial charge in [-0.25, -0.2) is 12.8 Å². The molecular weight excluding hydrogens is 351 g/mol. The molecule has 0 saturated heterocycles. The maximum absolute atomic E-state index is 13.2. The highest BCUT2D eigenvalue weighted by atomic mass is 32.2. The average Bonchev–Trinajstić information content (AvgIpc) is 3.28. The van der Waals surface area contributed by atoms with Crippen molar-refractivity contribution in [3.63, 3.8) is 0 Å². The Labute approximate surface area is 146 Å². The van der Waals surface area contributed by atoms with Gasteiger partial charge in [0.1, 0.15) is 5.82 Å². The van der Waals surface area contributed by atoms with Crippen LogP contribution in [0.2, 0.25) is 0 Å². The van der Waals surface area contributed by atoms with Crippen LogP contribution in [0, 0.1) is 11.2 Å². The first-order valence-electron chi connectivity index (χ1n) is 8.08. The summed E-state index contributed by atoms with van der Waals surface area (Å²) in [6.07, 6.45) is 0. The molecule has 6 nitrogen and oxygen atoms in total. The van der Waals surface area contributed by atoms with Gasteiger partial charge in [-0.1, -0.05) is 19.1 Å². The standard InChI is InChI=1S/C17H21FO6S/c1-4-23-15(19)17(16(20)24-5-2)13(14(17)25(21,22)6-3)11-7-9-12(18)10-8-11/h7-10,13-14H,4-6H2,1-3H3/t13-,14-/m1/s1. The van der Waals surface area contributed by atoms with Crippen LogP contribution in [0.4, 0.5) is 4.39 Å². The van der Waals surface area contributed by atoms with Crippen LogP contribution in [0.25, 0.3) is 0 Å². The van der Waals surface area contributed by atoms with E-state index in [2.05, 4.69) is 0 Å². The maximum Gasteiger partial charge on any atom is 0.325 e. The summed E-state index contributed by atoms with van der Waals surface area (Å²) in [6, 6.07) is 5.06. The number of rotatable bonds is 7. The van der Waals surface area contributed by atoms with E-state index in [1.54, 1.807) is 13.8 Å². The summed E-state index contributed by atoms with van der Waals surface area (Å²) >= 11 is 0. The molecule has 1 saturated carbocycles. The van der Waals surface area contributed by atoms with Gasteiger partial charge in [-0.3, -0.25) is 9.59 Å². The van der Waals surface area contributed by atoms with Gasteiger partial charge in [0.05, 0.1) is 18.5 Å². The fourth-order valence-corrected chi connectivity index (χ4v) is 5.18. The lowest BCUT2D eigenvalue weighted by Gasteiger charge is -2.15. The second kappa shape index (κ2) is 7.11. The van der Waals surface area contributed by atoms with E-state index in [1.165, 1.54) is 19.1 Å². The molecule has 138 valence electrons. The molecule has 0 spiro atoms. The summed E-state index contributed by atoms with van der Waals surface area (Å²) in [6.45, 7) is 4.56. The quantitative estimate of drug-likeness (QED) is 0.536. The molecule has 25 heavy (non-hydrogen) atoms. The molecule has 0 amide bonds. The van der Waals surface area contributed by atoms with Crippen LogP contribution < -0.4 is 0 Å². The Balaban J connectivity index is 2.61. The van der Waals surface area contributed by atoms with Crippen molar-refractivity contribution in [3.8, 4) is 0 Å². The minimum absolute atomic E-state index is 0.00494. The van der Waals surface area contributed by atoms with E-state index in [0.717, 1.165) is 12.1 Å². The Hall–Kier alpha value is -1.96. The third kappa shape index (κ3) is 3.15. The van der Waals surface area contributed by atoms with Crippen molar-refractivity contribution in [2.24, 2.45) is 5.41 Å². The van der Waals surface area contributed by atoms with Crippen LogP contribution in [0.1, 0.15) is 32.3 Å². The molecule has 8 heteroatoms. The third-order valence-electron chi connectivity index (χ3n) is 4.38. The molecule has 1 fully saturated rings. The Morgan fingerprint density at radius 1 is 1.04 bits per heavy atom. The zero-order valence-electron chi connectivity index (χ0n) is 14.3. The number of carbonyl (C=O) groups is 2. The molecule has 0 aromatic heterocycles. The van der Waals surface area contributed by atoms with Crippen molar-refractivity contribution in [1.29, 1.82) is 0 Å². The molecular formula is C17H21FO6S. The third-order valence-corrected chi connectivity index (χ3v) is 6.60. The molecule has 1 aliphatic carbocycles. The van der Waals surface area contributed by atoms with Crippen LogP contribution >= 0.6 is 0 Å². The van der Waals surface area contributed by atoms with Gasteiger partial charge >= 0.3 is 11.9 Å². The van der Waals surface area contributed by atoms with Crippen molar-refractivity contribution in [2.45, 2.75) is 31.9 Å². The minimum Gasteiger partial charge on any atom is -0.465 e. The fourth-order valence-electron chi connectivity index (χ4n) is 3.20. The molecule has 0 N–H and O–H groups in total. The van der Waals surface area contributed by atoms with Crippen molar-refractivity contribution in [3.05, 3.63) is 35.6 Å². The Kier molecular flexibility index (Phi) is 5.51. The first kappa shape index (κ1) is 19.4. The fraction of sp³-hybridized carbons (Fsp3) is 0.529. The van der Waals surface area contributed by atoms with E-state index >= 15 is 0 Å². The van der Waals surface area contributed by atoms with E-state index in [-0.39, 0.29) is 19.0 Å². The van der Waals surface area contributed by atoms with Gasteiger partial charge in [0, 0.05) is 11.7 Å². The second-order valence-electron chi connectivity index (χ2n) is 5.71. The zero-order chi connectivity index (χ0) is 18.8. The Morgan fingerprint density at radius 2 is 1.52 bits per heavy atom. The SMILES string of the molecule is CCOC(=O)C1(C(=O)OCC)[C@H](c2ccc(F)cc2)[C@H]1S(=O)(=O)CC. The number of benzene rings is 1. The minimum atomic E-state index is -3.76. The van der Waals surface area contributed by atoms with Crippen LogP contribution in [-0.4, -0.2) is 44.6 Å². The van der Waals surface area contributed by atoms with Crippen LogP contribution in [-0.2, 0) is 28.9 Å². The summed E-state index contributed by atoms with van der Waals surface area (Å²) in [7, 11) is -3.76. The average molecular weight is 372 g/mol. The molecule has 2 rings (SSSR count). The summed E-state index contributed by atoms with van der Waals surface area (Å²) in [5, 5.41) is -1.28. The second-order valence-corrected chi connectivity index (χ2v) is 8.12. The van der Waals surface area contributed by atoms with E-state index in [4.69, 9.17) is 9.47 Å². The predicted octanol–water partition coefficient (Wildman–Crippen LogP) is 1.84. The molecule has 0 bridgehead atoms. The number of carbonyl (C=O) groups excluding carboxylic acids is 2. The summed E-state index contributed by atoms with van der Waals surface area (Å²) in [5.74, 6) is -3.56. The number of esters is 2. The van der Waals surface area contributed by atoms with Gasteiger partial charge < -0.3 is 9.47 Å². The van der Waals surface area contributed by atoms with Gasteiger partial charge in [-0.15, -0.1) is 0 Å². The Bertz CT molecular complexity index is 738. The molecule has 0 unspecified atom stereocenters. The maximum atomic E-state index is 13.2. The van der Waals surface area contributed by atoms with Crippen molar-refractivity contribution >= 4 is 21.8 Å². The number of hydrogen-bond donors (Lipinski definition) is 0. The van der Waals surface area contributed by atoms with E-state index in [0.29, 0.717) is 5.56 Å². The van der Waals surface area contributed by atoms with Crippen molar-refractivity contribution in [2.75, 3.05) is 19.0 Å². The van der Waals surface area contributed by atoms with Crippen LogP contribution in [0.3, 0.4) is 0 Å². The molecule has 2 atom stereocenters. The van der Waals surface area contributed by atoms with Gasteiger partial charge in [0.15, 0.2) is 15.3 Å². The monoisotopic (exact) mass is 372 g/mol. The molecule has 0 heterocycles. The van der Waals surface area contributed by atoms with Crippen molar-refractivity contribution in [1.82, 2.24) is 0 Å². The van der Waals surface area contributed by atoms with Crippen LogP contribution in [0.15, 0.2) is 24.3 Å². The largest absolute Gasteiger partial charge is 0.465 e. The van der Waals surface area contributed by atoms with Crippen molar-refractivity contribution < 1.29 is 31.9 Å². The first-order chi connectivity index (χ1) is 11.8. The summed E-state index contributed by atoms with van der Waals surface area (Å²) < 4.78 is 48.3. The number of halogens is 1. The smallest absolute Gasteiger partial charge is 0.325 e. The highest BCUT2D eigenvalue weighted by Crippen LogP contribution is 2.64. The summed E-state index contributed by atoms with van der Waals surface area (Å²) in [5.41, 5.74) is -1.57. The highest BCUT2D eigenvalue weighted by molar-refractivity contribution is 7.92. The number of sulfone groups is 1. The first-order valence-corrected chi connectivity index (χ1v) is 9.80. The van der Waals surface area contributed by atoms with Gasteiger partial charge in [-0.05, 0) is 31.5 Å². The van der Waals surface area contributed by atoms with Crippen LogP contribution in [0.5, 0.6) is 0 Å². The lowest BCUT2D eigenvalue weighted by molar-refractivity contribution is -0.164. The van der Waals surface area contributed by atoms with E-state index in [9.17, 15) is 22.4 Å². The highest BCUT2D eigenvalue weighted by Gasteiger charge is 2.81. The topological polar surface area (TPSA) is 86.7 Å². The molecule has 0 radical (unpaired) electrons. The number of ether oxygens (including phenoxy) is 2. The predicted molar refractivity (Wildman–Crippen MR) is 88.1 cm³/mol. The number of hydrogen-bond acceptors (Lipinski definition) is 6. The molecule has 1 aliphatic rings. The summed E-state index contributed by atoms with van der Waals surface area (Å²) in [4.78, 5) is 25.2. The molecule has 1 aromatic carbocycles. The van der Waals surface area contributed by atoms with E-state index < -0.39 is 44.2 Å². The van der Waals surface area contributed by atoms with Gasteiger partial charge in [0.25, 0.3) is 0 Å². The van der Waals surface area contributed by atoms with Gasteiger partial charge in [0.2, 0.25) is 0 Å². The lowest BCUT2D eigenvalue weighted by Crippen LogP contribution is -2.36. The van der Waals surface area contributed by atoms with E-state index in [1.807, 2.05) is 0 Å². The lowest BCUT2D eigenvalue weighted by atomic mass is 9.99. The molecule has 1 aromatic rings. The normalized spacial score (nSPS) is 21.4.